The largest absolute Gasteiger partial charge is 0.404 e. The highest BCUT2D eigenvalue weighted by atomic mass is 16.7. The molecule has 0 fully saturated rings. The van der Waals surface area contributed by atoms with E-state index in [2.05, 4.69) is 25.6 Å². The summed E-state index contributed by atoms with van der Waals surface area (Å²) in [5.41, 5.74) is 14.6. The number of carbonyl (C=O) groups excluding carboxylic acids is 4. The standard InChI is InChI=1S/C48H77N9O16/c1-3-9-57(73-4-2)48(62)38-30-41-42(55-43(50)32-38)31-39(35-54-41)40(33-49)34-51-36-44(58)52-7-10-63-12-14-65-16-18-67-20-22-69-24-26-71-28-29-72-27-25-70-23-21-68-19-17-66-15-13-64-11-8-53-45(59)37-56-46(60)5-6-47(56)61/h5-6,30-31,33-35,45,53,59H,3-4,7-29,32,36-37,49H2,1-2H3,(H2,50,55)(H,52,58)/b40-33+,51-34?. The number of amidine groups is 1. The van der Waals surface area contributed by atoms with Gasteiger partial charge in [0.05, 0.1) is 157 Å². The molecule has 0 saturated carbocycles. The number of fused-ring (bicyclic) bond motifs is 1. The van der Waals surface area contributed by atoms with E-state index in [0.717, 1.165) is 11.3 Å². The number of nitrogens with zero attached hydrogens (tertiary/aromatic N) is 5. The van der Waals surface area contributed by atoms with Crippen LogP contribution in [-0.4, -0.2) is 233 Å². The van der Waals surface area contributed by atoms with Crippen LogP contribution in [0.25, 0.3) is 11.6 Å². The van der Waals surface area contributed by atoms with E-state index in [9.17, 15) is 24.3 Å². The normalized spacial score (nSPS) is 14.2. The van der Waals surface area contributed by atoms with E-state index in [0.29, 0.717) is 186 Å². The van der Waals surface area contributed by atoms with Gasteiger partial charge >= 0.3 is 0 Å². The molecular formula is C48H77N9O16. The van der Waals surface area contributed by atoms with Crippen LogP contribution in [0.2, 0.25) is 0 Å². The zero-order valence-corrected chi connectivity index (χ0v) is 42.4. The van der Waals surface area contributed by atoms with Crippen molar-refractivity contribution in [3.8, 4) is 0 Å². The summed E-state index contributed by atoms with van der Waals surface area (Å²) in [6.45, 7) is 13.3. The number of nitrogens with two attached hydrogens (primary N) is 2. The fraction of sp³-hybridized carbons (Fsp3) is 0.646. The van der Waals surface area contributed by atoms with Crippen molar-refractivity contribution in [1.29, 1.82) is 0 Å². The fourth-order valence-corrected chi connectivity index (χ4v) is 6.30. The van der Waals surface area contributed by atoms with Crippen molar-refractivity contribution in [1.82, 2.24) is 25.6 Å². The van der Waals surface area contributed by atoms with Gasteiger partial charge in [-0.3, -0.25) is 44.2 Å². The molecule has 1 unspecified atom stereocenters. The average Bonchev–Trinajstić information content (AvgIpc) is 3.58. The van der Waals surface area contributed by atoms with Crippen molar-refractivity contribution in [2.24, 2.45) is 21.5 Å². The Kier molecular flexibility index (Phi) is 34.3. The molecule has 73 heavy (non-hydrogen) atoms. The molecule has 0 bridgehead atoms. The number of aromatic nitrogens is 1. The van der Waals surface area contributed by atoms with Gasteiger partial charge in [0.2, 0.25) is 5.91 Å². The molecule has 3 heterocycles. The molecule has 25 nitrogen and oxygen atoms in total. The minimum Gasteiger partial charge on any atom is -0.404 e. The maximum absolute atomic E-state index is 13.2. The lowest BCUT2D eigenvalue weighted by atomic mass is 10.1. The number of nitrogens with one attached hydrogen (secondary N) is 2. The van der Waals surface area contributed by atoms with Gasteiger partial charge in [-0.05, 0) is 25.5 Å². The number of pyridine rings is 1. The number of allylic oxidation sites excluding steroid dienone is 1. The number of β-amino-alcohol motifs (C(OH)–C–C–N with tert-alkyl or cyclic N) is 1. The number of amides is 4. The first-order valence-electron chi connectivity index (χ1n) is 24.6. The molecule has 0 aliphatic carbocycles. The van der Waals surface area contributed by atoms with Crippen LogP contribution in [0.5, 0.6) is 0 Å². The van der Waals surface area contributed by atoms with Crippen LogP contribution in [0.3, 0.4) is 0 Å². The molecular weight excluding hydrogens is 959 g/mol. The molecule has 0 saturated heterocycles. The van der Waals surface area contributed by atoms with Crippen molar-refractivity contribution in [2.75, 3.05) is 171 Å². The van der Waals surface area contributed by atoms with Crippen LogP contribution in [0.1, 0.15) is 37.9 Å². The Morgan fingerprint density at radius 1 is 0.767 bits per heavy atom. The van der Waals surface area contributed by atoms with Gasteiger partial charge in [-0.2, -0.15) is 0 Å². The lowest BCUT2D eigenvalue weighted by molar-refractivity contribution is -0.180. The predicted octanol–water partition coefficient (Wildman–Crippen LogP) is -0.467. The third kappa shape index (κ3) is 28.2. The monoisotopic (exact) mass is 1040 g/mol. The van der Waals surface area contributed by atoms with E-state index in [1.807, 2.05) is 13.8 Å². The minimum absolute atomic E-state index is 0.118. The maximum atomic E-state index is 13.2. The first-order chi connectivity index (χ1) is 35.7. The number of aliphatic hydroxyl groups excluding tert-OH is 1. The molecule has 0 radical (unpaired) electrons. The number of ether oxygens (including phenoxy) is 10. The third-order valence-electron chi connectivity index (χ3n) is 9.83. The Morgan fingerprint density at radius 2 is 1.25 bits per heavy atom. The number of aliphatic hydroxyl groups is 1. The molecule has 2 aliphatic heterocycles. The summed E-state index contributed by atoms with van der Waals surface area (Å²) in [5.74, 6) is -1.19. The van der Waals surface area contributed by atoms with E-state index in [1.54, 1.807) is 18.3 Å². The van der Waals surface area contributed by atoms with Gasteiger partial charge < -0.3 is 69.3 Å². The van der Waals surface area contributed by atoms with Crippen molar-refractivity contribution in [3.05, 3.63) is 47.4 Å². The zero-order chi connectivity index (χ0) is 52.6. The maximum Gasteiger partial charge on any atom is 0.273 e. The Morgan fingerprint density at radius 3 is 1.71 bits per heavy atom. The minimum atomic E-state index is -1.03. The summed E-state index contributed by atoms with van der Waals surface area (Å²) in [4.78, 5) is 68.2. The van der Waals surface area contributed by atoms with Crippen molar-refractivity contribution in [3.63, 3.8) is 0 Å². The molecule has 0 spiro atoms. The number of carbonyl (C=O) groups is 4. The summed E-state index contributed by atoms with van der Waals surface area (Å²) in [6, 6.07) is 1.75. The molecule has 4 amide bonds. The molecule has 3 rings (SSSR count). The highest BCUT2D eigenvalue weighted by Crippen LogP contribution is 2.28. The van der Waals surface area contributed by atoms with Crippen LogP contribution in [0, 0.1) is 0 Å². The van der Waals surface area contributed by atoms with Crippen LogP contribution in [0.15, 0.2) is 46.2 Å². The molecule has 1 atom stereocenters. The van der Waals surface area contributed by atoms with Crippen LogP contribution < -0.4 is 22.1 Å². The molecule has 0 aromatic carbocycles. The molecule has 1 aromatic heterocycles. The number of hydroxylamine groups is 2. The Hall–Kier alpha value is -5.13. The lowest BCUT2D eigenvalue weighted by Gasteiger charge is -2.21. The van der Waals surface area contributed by atoms with Crippen molar-refractivity contribution >= 4 is 53.0 Å². The SMILES string of the molecule is CCCN(OCC)C(=O)C1=Cc2ncc(/C(C=NCC(=O)NCCOCCOCCOCCOCCOCCOCCOCCOCCOCCOCCNC(O)CN3C(=O)C=CC3=O)=C/N)cc2N=C(N)C1. The predicted molar refractivity (Wildman–Crippen MR) is 268 cm³/mol. The number of aliphatic imine (C=N–C) groups is 2. The second kappa shape index (κ2) is 40.3. The summed E-state index contributed by atoms with van der Waals surface area (Å²) >= 11 is 0. The van der Waals surface area contributed by atoms with Crippen LogP contribution >= 0.6 is 0 Å². The Labute approximate surface area is 427 Å². The third-order valence-corrected chi connectivity index (χ3v) is 9.83. The number of imide groups is 1. The van der Waals surface area contributed by atoms with Crippen molar-refractivity contribution < 1.29 is 76.5 Å². The van der Waals surface area contributed by atoms with Gasteiger partial charge in [-0.1, -0.05) is 6.92 Å². The highest BCUT2D eigenvalue weighted by molar-refractivity contribution is 6.13. The number of hydrogen-bond donors (Lipinski definition) is 5. The smallest absolute Gasteiger partial charge is 0.273 e. The lowest BCUT2D eigenvalue weighted by Crippen LogP contribution is -2.44. The van der Waals surface area contributed by atoms with Gasteiger partial charge in [-0.15, -0.1) is 0 Å². The van der Waals surface area contributed by atoms with Gasteiger partial charge in [-0.25, -0.2) is 10.1 Å². The number of rotatable bonds is 45. The first kappa shape index (κ1) is 62.2. The Bertz CT molecular complexity index is 1880. The van der Waals surface area contributed by atoms with Gasteiger partial charge in [0.15, 0.2) is 0 Å². The van der Waals surface area contributed by atoms with Gasteiger partial charge in [0.1, 0.15) is 18.6 Å². The quantitative estimate of drug-likeness (QED) is 0.0181. The second-order valence-corrected chi connectivity index (χ2v) is 15.6. The number of hydrogen-bond acceptors (Lipinski definition) is 22. The van der Waals surface area contributed by atoms with Crippen LogP contribution in [0.4, 0.5) is 5.69 Å². The average molecular weight is 1040 g/mol. The fourth-order valence-electron chi connectivity index (χ4n) is 6.30. The van der Waals surface area contributed by atoms with Crippen molar-refractivity contribution in [2.45, 2.75) is 32.9 Å². The summed E-state index contributed by atoms with van der Waals surface area (Å²) in [6.07, 6.45) is 8.30. The Balaban J connectivity index is 1.02. The van der Waals surface area contributed by atoms with E-state index >= 15 is 0 Å². The molecule has 7 N–H and O–H groups in total. The highest BCUT2D eigenvalue weighted by Gasteiger charge is 2.26. The van der Waals surface area contributed by atoms with E-state index in [-0.39, 0.29) is 37.2 Å². The second-order valence-electron chi connectivity index (χ2n) is 15.6. The zero-order valence-electron chi connectivity index (χ0n) is 42.4. The molecule has 410 valence electrons. The topological polar surface area (TPSA) is 310 Å². The van der Waals surface area contributed by atoms with Gasteiger partial charge in [0.25, 0.3) is 17.7 Å². The van der Waals surface area contributed by atoms with E-state index in [1.165, 1.54) is 29.6 Å². The van der Waals surface area contributed by atoms with Crippen LogP contribution in [-0.2, 0) is 71.4 Å². The molecule has 25 heteroatoms. The van der Waals surface area contributed by atoms with E-state index < -0.39 is 18.0 Å². The van der Waals surface area contributed by atoms with Gasteiger partial charge in [0, 0.05) is 73.5 Å². The molecule has 2 aliphatic rings. The first-order valence-corrected chi connectivity index (χ1v) is 24.6. The molecule has 1 aromatic rings. The summed E-state index contributed by atoms with van der Waals surface area (Å²) in [7, 11) is 0. The summed E-state index contributed by atoms with van der Waals surface area (Å²) in [5, 5.41) is 16.8. The summed E-state index contributed by atoms with van der Waals surface area (Å²) < 4.78 is 54.9. The van der Waals surface area contributed by atoms with E-state index in [4.69, 9.17) is 63.7 Å².